The summed E-state index contributed by atoms with van der Waals surface area (Å²) in [6.07, 6.45) is 2.00. The van der Waals surface area contributed by atoms with Gasteiger partial charge >= 0.3 is 0 Å². The third kappa shape index (κ3) is 5.76. The number of aliphatic imine (C=N–C) groups is 1. The third-order valence-electron chi connectivity index (χ3n) is 3.13. The first-order valence-electron chi connectivity index (χ1n) is 6.89. The maximum Gasteiger partial charge on any atom is 0.211 e. The Balaban J connectivity index is 2.43. The molecule has 0 aromatic carbocycles. The Hall–Kier alpha value is -1.54. The van der Waals surface area contributed by atoms with Gasteiger partial charge in [-0.25, -0.2) is 13.1 Å². The van der Waals surface area contributed by atoms with E-state index in [1.807, 2.05) is 31.3 Å². The molecule has 1 rings (SSSR count). The molecule has 2 N–H and O–H groups in total. The van der Waals surface area contributed by atoms with Crippen molar-refractivity contribution in [2.24, 2.45) is 12.0 Å². The average molecular weight is 315 g/mol. The van der Waals surface area contributed by atoms with Crippen LogP contribution in [0.3, 0.4) is 0 Å². The molecule has 0 unspecified atom stereocenters. The van der Waals surface area contributed by atoms with Gasteiger partial charge < -0.3 is 14.8 Å². The third-order valence-corrected chi connectivity index (χ3v) is 4.54. The van der Waals surface area contributed by atoms with Crippen molar-refractivity contribution in [1.82, 2.24) is 19.5 Å². The van der Waals surface area contributed by atoms with E-state index in [0.29, 0.717) is 13.1 Å². The highest BCUT2D eigenvalue weighted by molar-refractivity contribution is 7.89. The van der Waals surface area contributed by atoms with Crippen LogP contribution in [-0.2, 0) is 23.6 Å². The maximum absolute atomic E-state index is 11.3. The Morgan fingerprint density at radius 3 is 2.67 bits per heavy atom. The maximum atomic E-state index is 11.3. The number of hydrogen-bond acceptors (Lipinski definition) is 3. The minimum atomic E-state index is -3.14. The van der Waals surface area contributed by atoms with Crippen LogP contribution >= 0.6 is 0 Å². The van der Waals surface area contributed by atoms with E-state index in [-0.39, 0.29) is 5.75 Å². The summed E-state index contributed by atoms with van der Waals surface area (Å²) in [5.41, 5.74) is 1.17. The van der Waals surface area contributed by atoms with E-state index in [9.17, 15) is 8.42 Å². The molecule has 0 spiro atoms. The summed E-state index contributed by atoms with van der Waals surface area (Å²) in [6, 6.07) is 4.05. The molecule has 0 saturated heterocycles. The molecule has 0 fully saturated rings. The molecule has 0 bridgehead atoms. The predicted octanol–water partition coefficient (Wildman–Crippen LogP) is -0.0284. The number of sulfonamides is 1. The summed E-state index contributed by atoms with van der Waals surface area (Å²) in [5, 5.41) is 3.14. The molecule has 1 aromatic heterocycles. The van der Waals surface area contributed by atoms with Gasteiger partial charge in [0.2, 0.25) is 10.0 Å². The van der Waals surface area contributed by atoms with Gasteiger partial charge in [-0.3, -0.25) is 4.99 Å². The van der Waals surface area contributed by atoms with Gasteiger partial charge in [0.05, 0.1) is 12.3 Å². The van der Waals surface area contributed by atoms with Crippen LogP contribution in [0, 0.1) is 0 Å². The van der Waals surface area contributed by atoms with Gasteiger partial charge in [-0.15, -0.1) is 0 Å². The molecule has 120 valence electrons. The van der Waals surface area contributed by atoms with E-state index in [1.54, 1.807) is 14.0 Å². The van der Waals surface area contributed by atoms with Crippen molar-refractivity contribution >= 4 is 16.0 Å². The van der Waals surface area contributed by atoms with Crippen LogP contribution < -0.4 is 10.0 Å². The van der Waals surface area contributed by atoms with Gasteiger partial charge in [-0.2, -0.15) is 0 Å². The van der Waals surface area contributed by atoms with Gasteiger partial charge in [0.15, 0.2) is 5.96 Å². The number of guanidine groups is 1. The van der Waals surface area contributed by atoms with Crippen molar-refractivity contribution in [3.05, 3.63) is 24.0 Å². The molecule has 0 amide bonds. The average Bonchev–Trinajstić information content (AvgIpc) is 2.84. The molecule has 21 heavy (non-hydrogen) atoms. The van der Waals surface area contributed by atoms with E-state index in [2.05, 4.69) is 25.7 Å². The molecule has 8 heteroatoms. The summed E-state index contributed by atoms with van der Waals surface area (Å²) in [6.45, 7) is 3.17. The lowest BCUT2D eigenvalue weighted by Gasteiger charge is -2.22. The van der Waals surface area contributed by atoms with Crippen molar-refractivity contribution in [1.29, 1.82) is 0 Å². The van der Waals surface area contributed by atoms with E-state index in [0.717, 1.165) is 12.5 Å². The van der Waals surface area contributed by atoms with E-state index in [4.69, 9.17) is 0 Å². The summed E-state index contributed by atoms with van der Waals surface area (Å²) in [5.74, 6) is 0.821. The highest BCUT2D eigenvalue weighted by Crippen LogP contribution is 2.03. The molecule has 0 aliphatic carbocycles. The zero-order valence-electron chi connectivity index (χ0n) is 13.1. The summed E-state index contributed by atoms with van der Waals surface area (Å²) in [7, 11) is 2.51. The molecule has 1 aromatic rings. The van der Waals surface area contributed by atoms with Crippen molar-refractivity contribution in [2.45, 2.75) is 13.5 Å². The van der Waals surface area contributed by atoms with Gasteiger partial charge in [-0.05, 0) is 19.1 Å². The van der Waals surface area contributed by atoms with E-state index >= 15 is 0 Å². The van der Waals surface area contributed by atoms with Crippen molar-refractivity contribution in [3.8, 4) is 0 Å². The van der Waals surface area contributed by atoms with Crippen LogP contribution in [0.25, 0.3) is 0 Å². The summed E-state index contributed by atoms with van der Waals surface area (Å²) < 4.78 is 27.2. The summed E-state index contributed by atoms with van der Waals surface area (Å²) in [4.78, 5) is 6.19. The fraction of sp³-hybridized carbons (Fsp3) is 0.615. The fourth-order valence-electron chi connectivity index (χ4n) is 1.85. The fourth-order valence-corrected chi connectivity index (χ4v) is 2.46. The van der Waals surface area contributed by atoms with Gasteiger partial charge in [0.25, 0.3) is 0 Å². The second-order valence-corrected chi connectivity index (χ2v) is 6.83. The number of nitrogens with zero attached hydrogens (tertiary/aromatic N) is 3. The Morgan fingerprint density at radius 2 is 2.14 bits per heavy atom. The lowest BCUT2D eigenvalue weighted by Crippen LogP contribution is -2.42. The number of hydrogen-bond donors (Lipinski definition) is 2. The second-order valence-electron chi connectivity index (χ2n) is 4.74. The number of rotatable bonds is 7. The number of aryl methyl sites for hydroxylation is 1. The monoisotopic (exact) mass is 315 g/mol. The van der Waals surface area contributed by atoms with Crippen LogP contribution in [0.15, 0.2) is 23.3 Å². The van der Waals surface area contributed by atoms with Gasteiger partial charge in [0, 0.05) is 46.1 Å². The normalized spacial score (nSPS) is 12.5. The standard InChI is InChI=1S/C13H25N5O2S/c1-5-21(19,20)16-9-8-15-13(14-2)18(4)11-12-7-6-10-17(12)3/h6-7,10,16H,5,8-9,11H2,1-4H3,(H,14,15). The van der Waals surface area contributed by atoms with Crippen molar-refractivity contribution in [2.75, 3.05) is 32.9 Å². The Bertz CT molecular complexity index is 565. The lowest BCUT2D eigenvalue weighted by atomic mass is 10.4. The van der Waals surface area contributed by atoms with Crippen LogP contribution in [-0.4, -0.2) is 56.8 Å². The minimum absolute atomic E-state index is 0.0924. The Labute approximate surface area is 127 Å². The Kier molecular flexibility index (Phi) is 6.70. The first-order chi connectivity index (χ1) is 9.89. The lowest BCUT2D eigenvalue weighted by molar-refractivity contribution is 0.462. The Morgan fingerprint density at radius 1 is 1.43 bits per heavy atom. The highest BCUT2D eigenvalue weighted by atomic mass is 32.2. The molecule has 0 atom stereocenters. The molecule has 0 saturated carbocycles. The van der Waals surface area contributed by atoms with Crippen LogP contribution in [0.1, 0.15) is 12.6 Å². The largest absolute Gasteiger partial charge is 0.355 e. The molecule has 1 heterocycles. The molecular formula is C13H25N5O2S. The quantitative estimate of drug-likeness (QED) is 0.421. The highest BCUT2D eigenvalue weighted by Gasteiger charge is 2.09. The van der Waals surface area contributed by atoms with E-state index < -0.39 is 10.0 Å². The molecule has 0 aliphatic heterocycles. The second kappa shape index (κ2) is 8.04. The summed E-state index contributed by atoms with van der Waals surface area (Å²) >= 11 is 0. The first kappa shape index (κ1) is 17.5. The molecule has 7 nitrogen and oxygen atoms in total. The smallest absolute Gasteiger partial charge is 0.211 e. The zero-order valence-corrected chi connectivity index (χ0v) is 13.9. The first-order valence-corrected chi connectivity index (χ1v) is 8.54. The van der Waals surface area contributed by atoms with Crippen LogP contribution in [0.4, 0.5) is 0 Å². The predicted molar refractivity (Wildman–Crippen MR) is 85.7 cm³/mol. The molecular weight excluding hydrogens is 290 g/mol. The number of aromatic nitrogens is 1. The van der Waals surface area contributed by atoms with Crippen molar-refractivity contribution < 1.29 is 8.42 Å². The van der Waals surface area contributed by atoms with Crippen molar-refractivity contribution in [3.63, 3.8) is 0 Å². The van der Waals surface area contributed by atoms with Gasteiger partial charge in [-0.1, -0.05) is 0 Å². The zero-order chi connectivity index (χ0) is 15.9. The molecule has 0 radical (unpaired) electrons. The van der Waals surface area contributed by atoms with Crippen LogP contribution in [0.5, 0.6) is 0 Å². The number of nitrogens with one attached hydrogen (secondary N) is 2. The SMILES string of the molecule is CCS(=O)(=O)NCCNC(=NC)N(C)Cc1cccn1C. The van der Waals surface area contributed by atoms with Gasteiger partial charge in [0.1, 0.15) is 0 Å². The van der Waals surface area contributed by atoms with E-state index in [1.165, 1.54) is 5.69 Å². The topological polar surface area (TPSA) is 78.7 Å². The van der Waals surface area contributed by atoms with Crippen LogP contribution in [0.2, 0.25) is 0 Å². The minimum Gasteiger partial charge on any atom is -0.355 e. The molecule has 0 aliphatic rings.